The molecule has 1 aliphatic heterocycles. The first kappa shape index (κ1) is 21.1. The van der Waals surface area contributed by atoms with Crippen LogP contribution < -0.4 is 4.72 Å². The molecule has 0 atom stereocenters. The summed E-state index contributed by atoms with van der Waals surface area (Å²) < 4.78 is 41.0. The molecule has 1 aromatic heterocycles. The number of aromatic nitrogens is 2. The molecule has 1 aromatic carbocycles. The standard InChI is InChI=1S/C19H22ClN3O6S/c1-23-17(18(24)25)16(22-30(26,27)14-4-2-13(20)3-5-14)15(21-23)12-6-8-19(9-7-12)28-10-11-29-19/h2-5,12,22H,6-11H2,1H3,(H,24,25). The highest BCUT2D eigenvalue weighted by Crippen LogP contribution is 2.44. The number of hydrogen-bond acceptors (Lipinski definition) is 6. The molecule has 4 rings (SSSR count). The molecule has 30 heavy (non-hydrogen) atoms. The summed E-state index contributed by atoms with van der Waals surface area (Å²) in [6.07, 6.45) is 2.57. The Morgan fingerprint density at radius 3 is 2.40 bits per heavy atom. The lowest BCUT2D eigenvalue weighted by Gasteiger charge is -2.35. The van der Waals surface area contributed by atoms with Crippen molar-refractivity contribution in [1.82, 2.24) is 9.78 Å². The highest BCUT2D eigenvalue weighted by atomic mass is 35.5. The van der Waals surface area contributed by atoms with Crippen LogP contribution >= 0.6 is 11.6 Å². The molecule has 0 radical (unpaired) electrons. The molecule has 1 spiro atoms. The van der Waals surface area contributed by atoms with Crippen LogP contribution in [0.5, 0.6) is 0 Å². The summed E-state index contributed by atoms with van der Waals surface area (Å²) in [6.45, 7) is 1.12. The van der Waals surface area contributed by atoms with Crippen molar-refractivity contribution in [3.05, 3.63) is 40.7 Å². The Bertz CT molecular complexity index is 1050. The molecule has 2 heterocycles. The number of carboxylic acid groups (broad SMARTS) is 1. The second-order valence-corrected chi connectivity index (χ2v) is 9.60. The van der Waals surface area contributed by atoms with Crippen molar-refractivity contribution in [2.75, 3.05) is 17.9 Å². The van der Waals surface area contributed by atoms with Crippen molar-refractivity contribution < 1.29 is 27.8 Å². The van der Waals surface area contributed by atoms with Crippen LogP contribution in [0.25, 0.3) is 0 Å². The summed E-state index contributed by atoms with van der Waals surface area (Å²) >= 11 is 5.84. The van der Waals surface area contributed by atoms with Gasteiger partial charge in [0.1, 0.15) is 5.69 Å². The fourth-order valence-electron chi connectivity index (χ4n) is 4.10. The lowest BCUT2D eigenvalue weighted by Crippen LogP contribution is -2.34. The highest BCUT2D eigenvalue weighted by Gasteiger charge is 2.42. The second-order valence-electron chi connectivity index (χ2n) is 7.48. The molecule has 11 heteroatoms. The number of halogens is 1. The maximum atomic E-state index is 12.9. The maximum absolute atomic E-state index is 12.9. The first-order valence-electron chi connectivity index (χ1n) is 9.57. The van der Waals surface area contributed by atoms with Gasteiger partial charge in [0.05, 0.1) is 23.8 Å². The van der Waals surface area contributed by atoms with Crippen molar-refractivity contribution in [3.8, 4) is 0 Å². The van der Waals surface area contributed by atoms with E-state index in [1.54, 1.807) is 0 Å². The maximum Gasteiger partial charge on any atom is 0.356 e. The Labute approximate surface area is 179 Å². The molecule has 2 aromatic rings. The van der Waals surface area contributed by atoms with Crippen molar-refractivity contribution in [2.24, 2.45) is 7.05 Å². The van der Waals surface area contributed by atoms with Gasteiger partial charge in [-0.3, -0.25) is 9.40 Å². The molecule has 0 amide bonds. The molecule has 9 nitrogen and oxygen atoms in total. The van der Waals surface area contributed by atoms with Crippen LogP contribution in [0, 0.1) is 0 Å². The zero-order chi connectivity index (χ0) is 21.5. The van der Waals surface area contributed by atoms with E-state index in [2.05, 4.69) is 9.82 Å². The van der Waals surface area contributed by atoms with Gasteiger partial charge in [0.2, 0.25) is 0 Å². The summed E-state index contributed by atoms with van der Waals surface area (Å²) in [6, 6.07) is 5.64. The zero-order valence-electron chi connectivity index (χ0n) is 16.3. The number of aryl methyl sites for hydroxylation is 1. The number of rotatable bonds is 5. The topological polar surface area (TPSA) is 120 Å². The largest absolute Gasteiger partial charge is 0.476 e. The molecule has 162 valence electrons. The van der Waals surface area contributed by atoms with E-state index < -0.39 is 21.8 Å². The Morgan fingerprint density at radius 1 is 1.23 bits per heavy atom. The van der Waals surface area contributed by atoms with Crippen LogP contribution in [0.15, 0.2) is 29.2 Å². The number of ether oxygens (including phenoxy) is 2. The van der Waals surface area contributed by atoms with E-state index in [9.17, 15) is 18.3 Å². The van der Waals surface area contributed by atoms with E-state index in [1.165, 1.54) is 36.0 Å². The quantitative estimate of drug-likeness (QED) is 0.711. The molecule has 2 fully saturated rings. The number of hydrogen-bond donors (Lipinski definition) is 2. The van der Waals surface area contributed by atoms with Gasteiger partial charge in [-0.15, -0.1) is 0 Å². The summed E-state index contributed by atoms with van der Waals surface area (Å²) in [5.41, 5.74) is 0.200. The van der Waals surface area contributed by atoms with Gasteiger partial charge in [-0.1, -0.05) is 11.6 Å². The Hall–Kier alpha value is -2.14. The van der Waals surface area contributed by atoms with E-state index in [0.29, 0.717) is 49.6 Å². The molecule has 1 saturated heterocycles. The summed E-state index contributed by atoms with van der Waals surface area (Å²) in [5, 5.41) is 14.4. The van der Waals surface area contributed by atoms with Gasteiger partial charge in [-0.05, 0) is 37.1 Å². The van der Waals surface area contributed by atoms with Crippen molar-refractivity contribution in [1.29, 1.82) is 0 Å². The molecule has 1 aliphatic carbocycles. The normalized spacial score (nSPS) is 19.3. The minimum atomic E-state index is -4.03. The number of nitrogens with one attached hydrogen (secondary N) is 1. The van der Waals surface area contributed by atoms with E-state index in [-0.39, 0.29) is 22.2 Å². The number of carboxylic acids is 1. The molecule has 0 unspecified atom stereocenters. The predicted molar refractivity (Wildman–Crippen MR) is 108 cm³/mol. The SMILES string of the molecule is Cn1nc(C2CCC3(CC2)OCCO3)c(NS(=O)(=O)c2ccc(Cl)cc2)c1C(=O)O. The smallest absolute Gasteiger partial charge is 0.356 e. The van der Waals surface area contributed by atoms with Crippen LogP contribution in [-0.2, 0) is 26.5 Å². The molecular formula is C19H22ClN3O6S. The first-order chi connectivity index (χ1) is 14.2. The van der Waals surface area contributed by atoms with Crippen molar-refractivity contribution in [2.45, 2.75) is 42.3 Å². The van der Waals surface area contributed by atoms with Gasteiger partial charge in [0.25, 0.3) is 10.0 Å². The second kappa shape index (κ2) is 7.84. The molecule has 1 saturated carbocycles. The number of aromatic carboxylic acids is 1. The first-order valence-corrected chi connectivity index (χ1v) is 11.4. The average Bonchev–Trinajstić information content (AvgIpc) is 3.27. The Kier molecular flexibility index (Phi) is 5.52. The zero-order valence-corrected chi connectivity index (χ0v) is 17.9. The molecule has 2 aliphatic rings. The number of anilines is 1. The van der Waals surface area contributed by atoms with Crippen LogP contribution in [0.2, 0.25) is 5.02 Å². The minimum Gasteiger partial charge on any atom is -0.476 e. The highest BCUT2D eigenvalue weighted by molar-refractivity contribution is 7.92. The third kappa shape index (κ3) is 3.92. The third-order valence-electron chi connectivity index (χ3n) is 5.58. The Morgan fingerprint density at radius 2 is 1.83 bits per heavy atom. The van der Waals surface area contributed by atoms with Gasteiger partial charge in [-0.25, -0.2) is 13.2 Å². The van der Waals surface area contributed by atoms with Crippen LogP contribution in [0.4, 0.5) is 5.69 Å². The van der Waals surface area contributed by atoms with Gasteiger partial charge in [0, 0.05) is 30.8 Å². The van der Waals surface area contributed by atoms with Crippen molar-refractivity contribution >= 4 is 33.3 Å². The van der Waals surface area contributed by atoms with Gasteiger partial charge in [0.15, 0.2) is 11.5 Å². The van der Waals surface area contributed by atoms with E-state index in [1.807, 2.05) is 0 Å². The number of benzene rings is 1. The third-order valence-corrected chi connectivity index (χ3v) is 7.20. The van der Waals surface area contributed by atoms with Crippen LogP contribution in [0.1, 0.15) is 47.8 Å². The van der Waals surface area contributed by atoms with Gasteiger partial charge >= 0.3 is 5.97 Å². The fourth-order valence-corrected chi connectivity index (χ4v) is 5.31. The summed E-state index contributed by atoms with van der Waals surface area (Å²) in [7, 11) is -2.54. The number of carbonyl (C=O) groups is 1. The summed E-state index contributed by atoms with van der Waals surface area (Å²) in [4.78, 5) is 11.8. The van der Waals surface area contributed by atoms with Gasteiger partial charge in [-0.2, -0.15) is 5.10 Å². The van der Waals surface area contributed by atoms with Crippen LogP contribution in [0.3, 0.4) is 0 Å². The van der Waals surface area contributed by atoms with Crippen LogP contribution in [-0.4, -0.2) is 48.3 Å². The molecular weight excluding hydrogens is 434 g/mol. The van der Waals surface area contributed by atoms with Gasteiger partial charge < -0.3 is 14.6 Å². The van der Waals surface area contributed by atoms with E-state index in [4.69, 9.17) is 21.1 Å². The van der Waals surface area contributed by atoms with Crippen molar-refractivity contribution in [3.63, 3.8) is 0 Å². The molecule has 2 N–H and O–H groups in total. The Balaban J connectivity index is 1.66. The minimum absolute atomic E-state index is 0.00541. The number of nitrogens with zero attached hydrogens (tertiary/aromatic N) is 2. The lowest BCUT2D eigenvalue weighted by molar-refractivity contribution is -0.178. The lowest BCUT2D eigenvalue weighted by atomic mass is 9.82. The predicted octanol–water partition coefficient (Wildman–Crippen LogP) is 2.97. The van der Waals surface area contributed by atoms with E-state index in [0.717, 1.165) is 0 Å². The summed E-state index contributed by atoms with van der Waals surface area (Å²) in [5.74, 6) is -1.96. The monoisotopic (exact) mass is 455 g/mol. The molecule has 0 bridgehead atoms. The number of sulfonamides is 1. The average molecular weight is 456 g/mol. The fraction of sp³-hybridized carbons (Fsp3) is 0.474. The van der Waals surface area contributed by atoms with E-state index >= 15 is 0 Å².